The average Bonchev–Trinajstić information content (AvgIpc) is 3.95. The number of hydrogen-bond donors (Lipinski definition) is 0. The lowest BCUT2D eigenvalue weighted by atomic mass is 9.99. The lowest BCUT2D eigenvalue weighted by Gasteiger charge is -2.09. The zero-order valence-electron chi connectivity index (χ0n) is 28.1. The number of aryl methyl sites for hydroxylation is 1. The largest absolute Gasteiger partial charge is 0.460 e. The van der Waals surface area contributed by atoms with Crippen LogP contribution in [0.5, 0.6) is 0 Å². The minimum Gasteiger partial charge on any atom is -0.460 e. The van der Waals surface area contributed by atoms with Crippen LogP contribution in [-0.4, -0.2) is 9.13 Å². The van der Waals surface area contributed by atoms with Crippen molar-refractivity contribution in [3.63, 3.8) is 0 Å². The van der Waals surface area contributed by atoms with Crippen molar-refractivity contribution in [3.8, 4) is 22.5 Å². The van der Waals surface area contributed by atoms with Crippen molar-refractivity contribution in [2.24, 2.45) is 0 Å². The summed E-state index contributed by atoms with van der Waals surface area (Å²) in [5.74, 6) is 1.08. The summed E-state index contributed by atoms with van der Waals surface area (Å²) >= 11 is 0. The van der Waals surface area contributed by atoms with Crippen LogP contribution in [0.4, 0.5) is 0 Å². The van der Waals surface area contributed by atoms with E-state index in [4.69, 9.17) is 8.83 Å². The summed E-state index contributed by atoms with van der Waals surface area (Å²) in [6.07, 6.45) is 6.43. The molecule has 0 unspecified atom stereocenters. The van der Waals surface area contributed by atoms with Crippen LogP contribution in [0.3, 0.4) is 0 Å². The quantitative estimate of drug-likeness (QED) is 0.188. The molecule has 0 saturated carbocycles. The summed E-state index contributed by atoms with van der Waals surface area (Å²) in [4.78, 5) is 0. The van der Waals surface area contributed by atoms with E-state index in [9.17, 15) is 0 Å². The molecule has 11 aromatic rings. The second-order valence-electron chi connectivity index (χ2n) is 14.0. The van der Waals surface area contributed by atoms with E-state index in [-0.39, 0.29) is 0 Å². The van der Waals surface area contributed by atoms with E-state index in [0.717, 1.165) is 73.9 Å². The van der Waals surface area contributed by atoms with Gasteiger partial charge in [0.15, 0.2) is 0 Å². The number of hydrogen-bond acceptors (Lipinski definition) is 2. The zero-order chi connectivity index (χ0) is 33.9. The number of nitrogens with zero attached hydrogens (tertiary/aromatic N) is 2. The number of rotatable bonds is 3. The van der Waals surface area contributed by atoms with Gasteiger partial charge in [-0.25, -0.2) is 0 Å². The average molecular weight is 667 g/mol. The summed E-state index contributed by atoms with van der Waals surface area (Å²) in [5.41, 5.74) is 13.3. The van der Waals surface area contributed by atoms with Gasteiger partial charge in [-0.15, -0.1) is 0 Å². The minimum absolute atomic E-state index is 0.893. The molecule has 0 N–H and O–H groups in total. The number of aromatic nitrogens is 2. The summed E-state index contributed by atoms with van der Waals surface area (Å²) in [6, 6.07) is 52.5. The molecule has 12 rings (SSSR count). The molecule has 0 radical (unpaired) electrons. The Morgan fingerprint density at radius 2 is 1.13 bits per heavy atom. The molecule has 0 atom stereocenters. The van der Waals surface area contributed by atoms with Crippen molar-refractivity contribution < 1.29 is 8.83 Å². The highest BCUT2D eigenvalue weighted by Crippen LogP contribution is 2.44. The molecule has 4 aromatic heterocycles. The minimum atomic E-state index is 0.893. The summed E-state index contributed by atoms with van der Waals surface area (Å²) in [6.45, 7) is 0. The third-order valence-corrected chi connectivity index (χ3v) is 11.2. The lowest BCUT2D eigenvalue weighted by molar-refractivity contribution is 0.549. The summed E-state index contributed by atoms with van der Waals surface area (Å²) in [5, 5.41) is 8.23. The van der Waals surface area contributed by atoms with Gasteiger partial charge in [-0.3, -0.25) is 0 Å². The molecule has 4 nitrogen and oxygen atoms in total. The van der Waals surface area contributed by atoms with Gasteiger partial charge in [0.2, 0.25) is 0 Å². The Balaban J connectivity index is 1.13. The number of furan rings is 2. The maximum atomic E-state index is 6.79. The topological polar surface area (TPSA) is 36.1 Å². The van der Waals surface area contributed by atoms with Gasteiger partial charge in [-0.1, -0.05) is 78.9 Å². The molecule has 244 valence electrons. The monoisotopic (exact) mass is 666 g/mol. The van der Waals surface area contributed by atoms with Crippen LogP contribution < -0.4 is 0 Å². The maximum absolute atomic E-state index is 6.79. The van der Waals surface area contributed by atoms with Crippen LogP contribution in [0.2, 0.25) is 0 Å². The second-order valence-corrected chi connectivity index (χ2v) is 14.0. The Morgan fingerprint density at radius 1 is 0.442 bits per heavy atom. The third-order valence-electron chi connectivity index (χ3n) is 11.2. The van der Waals surface area contributed by atoms with Gasteiger partial charge in [-0.05, 0) is 96.4 Å². The van der Waals surface area contributed by atoms with Crippen molar-refractivity contribution >= 4 is 82.6 Å². The fourth-order valence-corrected chi connectivity index (χ4v) is 8.83. The van der Waals surface area contributed by atoms with Gasteiger partial charge in [-0.2, -0.15) is 0 Å². The predicted octanol–water partition coefficient (Wildman–Crippen LogP) is 13.2. The van der Waals surface area contributed by atoms with Crippen molar-refractivity contribution in [2.75, 3.05) is 0 Å². The molecular weight excluding hydrogens is 637 g/mol. The first-order valence-electron chi connectivity index (χ1n) is 18.0. The van der Waals surface area contributed by atoms with Crippen molar-refractivity contribution in [1.29, 1.82) is 0 Å². The zero-order valence-corrected chi connectivity index (χ0v) is 28.1. The van der Waals surface area contributed by atoms with Crippen LogP contribution in [0.25, 0.3) is 105 Å². The van der Waals surface area contributed by atoms with Gasteiger partial charge >= 0.3 is 0 Å². The van der Waals surface area contributed by atoms with Gasteiger partial charge in [0.05, 0.1) is 27.5 Å². The van der Waals surface area contributed by atoms with Gasteiger partial charge in [0, 0.05) is 55.7 Å². The fraction of sp³-hybridized carbons (Fsp3) is 0.0417. The van der Waals surface area contributed by atoms with Gasteiger partial charge < -0.3 is 18.0 Å². The summed E-state index contributed by atoms with van der Waals surface area (Å²) < 4.78 is 17.8. The first-order valence-corrected chi connectivity index (χ1v) is 18.0. The Bertz CT molecular complexity index is 3290. The number of benzene rings is 7. The molecule has 0 fully saturated rings. The van der Waals surface area contributed by atoms with E-state index in [1.165, 1.54) is 49.3 Å². The fourth-order valence-electron chi connectivity index (χ4n) is 8.83. The Kier molecular flexibility index (Phi) is 5.58. The van der Waals surface area contributed by atoms with E-state index in [1.807, 2.05) is 12.1 Å². The molecule has 0 bridgehead atoms. The molecule has 0 aliphatic heterocycles. The Morgan fingerprint density at radius 3 is 2.02 bits per heavy atom. The normalized spacial score (nSPS) is 13.2. The molecule has 0 saturated heterocycles. The van der Waals surface area contributed by atoms with Crippen LogP contribution in [0, 0.1) is 0 Å². The van der Waals surface area contributed by atoms with Gasteiger partial charge in [0.1, 0.15) is 22.5 Å². The predicted molar refractivity (Wildman–Crippen MR) is 215 cm³/mol. The standard InChI is InChI=1S/C48H30N2O2/c1-2-10-31(11-3-1)49-40-15-7-4-12-33(40)37-26-29(18-22-41(37)49)30-19-23-42-39(27-30)47-43(24-21-36-34-13-5-9-17-45(34)52-48(36)47)50(42)32-20-25-46-38(28-32)35-14-6-8-16-44(35)51-46/h1-8,10-16,18-28H,9,17H2. The molecule has 1 aliphatic carbocycles. The Hall–Kier alpha value is -6.78. The molecule has 4 heteroatoms. The van der Waals surface area contributed by atoms with E-state index in [1.54, 1.807) is 0 Å². The van der Waals surface area contributed by atoms with Crippen LogP contribution in [0.15, 0.2) is 161 Å². The first-order chi connectivity index (χ1) is 25.8. The van der Waals surface area contributed by atoms with Crippen molar-refractivity contribution in [1.82, 2.24) is 9.13 Å². The van der Waals surface area contributed by atoms with E-state index in [2.05, 4.69) is 155 Å². The summed E-state index contributed by atoms with van der Waals surface area (Å²) in [7, 11) is 0. The third kappa shape index (κ3) is 3.81. The van der Waals surface area contributed by atoms with Crippen LogP contribution in [-0.2, 0) is 6.42 Å². The molecule has 0 spiro atoms. The Labute approximate surface area is 298 Å². The SMILES string of the molecule is C1=Cc2c(oc3c2ccc2c3c3cc(-c4ccc5c(c4)c4ccccc4n5-c4ccccc4)ccc3n2-c2ccc3oc4ccccc4c3c2)CC1. The second kappa shape index (κ2) is 10.4. The lowest BCUT2D eigenvalue weighted by Crippen LogP contribution is -1.93. The molecule has 0 amide bonds. The molecule has 7 aromatic carbocycles. The highest BCUT2D eigenvalue weighted by molar-refractivity contribution is 6.22. The highest BCUT2D eigenvalue weighted by atomic mass is 16.3. The van der Waals surface area contributed by atoms with Crippen LogP contribution >= 0.6 is 0 Å². The van der Waals surface area contributed by atoms with E-state index < -0.39 is 0 Å². The molecule has 1 aliphatic rings. The number of allylic oxidation sites excluding steroid dienone is 1. The smallest absolute Gasteiger partial charge is 0.144 e. The van der Waals surface area contributed by atoms with Crippen molar-refractivity contribution in [3.05, 3.63) is 163 Å². The van der Waals surface area contributed by atoms with E-state index in [0.29, 0.717) is 0 Å². The molecule has 52 heavy (non-hydrogen) atoms. The van der Waals surface area contributed by atoms with E-state index >= 15 is 0 Å². The highest BCUT2D eigenvalue weighted by Gasteiger charge is 2.23. The molecular formula is C48H30N2O2. The maximum Gasteiger partial charge on any atom is 0.144 e. The number of para-hydroxylation sites is 3. The molecule has 4 heterocycles. The number of fused-ring (bicyclic) bond motifs is 13. The van der Waals surface area contributed by atoms with Crippen molar-refractivity contribution in [2.45, 2.75) is 12.8 Å². The first kappa shape index (κ1) is 28.0. The van der Waals surface area contributed by atoms with Crippen LogP contribution in [0.1, 0.15) is 17.7 Å². The van der Waals surface area contributed by atoms with Gasteiger partial charge in [0.25, 0.3) is 0 Å².